The molecule has 1 aromatic carbocycles. The summed E-state index contributed by atoms with van der Waals surface area (Å²) in [5, 5.41) is 5.23. The molecule has 0 unspecified atom stereocenters. The summed E-state index contributed by atoms with van der Waals surface area (Å²) < 4.78 is 5.41. The van der Waals surface area contributed by atoms with Gasteiger partial charge in [0.05, 0.1) is 7.11 Å². The van der Waals surface area contributed by atoms with Gasteiger partial charge in [0.15, 0.2) is 0 Å². The third-order valence-corrected chi connectivity index (χ3v) is 3.08. The summed E-state index contributed by atoms with van der Waals surface area (Å²) in [6.45, 7) is 3.77. The van der Waals surface area contributed by atoms with Gasteiger partial charge in [0.1, 0.15) is 6.54 Å². The van der Waals surface area contributed by atoms with Gasteiger partial charge in [-0.1, -0.05) is 28.1 Å². The summed E-state index contributed by atoms with van der Waals surface area (Å²) in [4.78, 5) is 22.6. The van der Waals surface area contributed by atoms with E-state index < -0.39 is 11.6 Å². The Bertz CT molecular complexity index is 489. The lowest BCUT2D eigenvalue weighted by atomic mass is 9.95. The average molecular weight is 343 g/mol. The zero-order valence-electron chi connectivity index (χ0n) is 11.8. The number of hydrogen-bond acceptors (Lipinski definition) is 3. The molecule has 0 aliphatic rings. The van der Waals surface area contributed by atoms with Crippen LogP contribution in [0.2, 0.25) is 0 Å². The van der Waals surface area contributed by atoms with Crippen LogP contribution in [-0.2, 0) is 16.0 Å². The van der Waals surface area contributed by atoms with Gasteiger partial charge in [-0.25, -0.2) is 4.79 Å². The maximum absolute atomic E-state index is 11.7. The molecule has 0 aliphatic heterocycles. The van der Waals surface area contributed by atoms with E-state index in [-0.39, 0.29) is 12.5 Å². The third-order valence-electron chi connectivity index (χ3n) is 2.59. The molecule has 0 saturated heterocycles. The fraction of sp³-hybridized carbons (Fsp3) is 0.429. The number of carbonyl (C=O) groups excluding carboxylic acids is 2. The number of hydrogen-bond donors (Lipinski definition) is 2. The molecule has 110 valence electrons. The van der Waals surface area contributed by atoms with E-state index in [1.165, 1.54) is 7.11 Å². The smallest absolute Gasteiger partial charge is 0.407 e. The first-order valence-corrected chi connectivity index (χ1v) is 6.99. The Morgan fingerprint density at radius 3 is 2.65 bits per heavy atom. The largest absolute Gasteiger partial charge is 0.453 e. The maximum atomic E-state index is 11.7. The van der Waals surface area contributed by atoms with Crippen LogP contribution in [0.3, 0.4) is 0 Å². The molecule has 0 fully saturated rings. The summed E-state index contributed by atoms with van der Waals surface area (Å²) in [6.07, 6.45) is 0.0705. The second-order valence-electron chi connectivity index (χ2n) is 5.08. The lowest BCUT2D eigenvalue weighted by molar-refractivity contribution is -0.121. The van der Waals surface area contributed by atoms with E-state index in [1.807, 2.05) is 38.1 Å². The van der Waals surface area contributed by atoms with Gasteiger partial charge in [-0.2, -0.15) is 0 Å². The minimum Gasteiger partial charge on any atom is -0.453 e. The van der Waals surface area contributed by atoms with Crippen LogP contribution in [0, 0.1) is 0 Å². The van der Waals surface area contributed by atoms with Crippen molar-refractivity contribution < 1.29 is 14.3 Å². The molecule has 0 aromatic heterocycles. The van der Waals surface area contributed by atoms with Gasteiger partial charge in [-0.15, -0.1) is 0 Å². The van der Waals surface area contributed by atoms with Crippen molar-refractivity contribution in [2.24, 2.45) is 0 Å². The highest BCUT2D eigenvalue weighted by Gasteiger charge is 2.21. The molecule has 2 N–H and O–H groups in total. The Hall–Kier alpha value is -1.56. The van der Waals surface area contributed by atoms with Crippen LogP contribution in [0.15, 0.2) is 28.7 Å². The van der Waals surface area contributed by atoms with Crippen molar-refractivity contribution in [1.82, 2.24) is 10.6 Å². The Kier molecular flexibility index (Phi) is 6.01. The SMILES string of the molecule is COC(=O)NCC(=O)NC(C)(C)Cc1cccc(Br)c1. The Labute approximate surface area is 127 Å². The fourth-order valence-electron chi connectivity index (χ4n) is 1.85. The molecule has 6 heteroatoms. The van der Waals surface area contributed by atoms with Gasteiger partial charge in [-0.05, 0) is 38.0 Å². The van der Waals surface area contributed by atoms with Crippen LogP contribution >= 0.6 is 15.9 Å². The molecule has 1 rings (SSSR count). The van der Waals surface area contributed by atoms with Crippen molar-refractivity contribution in [1.29, 1.82) is 0 Å². The first-order valence-electron chi connectivity index (χ1n) is 6.20. The van der Waals surface area contributed by atoms with E-state index in [0.717, 1.165) is 10.0 Å². The molecule has 0 radical (unpaired) electrons. The van der Waals surface area contributed by atoms with Gasteiger partial charge in [0.25, 0.3) is 0 Å². The van der Waals surface area contributed by atoms with E-state index in [9.17, 15) is 9.59 Å². The molecule has 0 heterocycles. The Morgan fingerprint density at radius 1 is 1.35 bits per heavy atom. The summed E-state index contributed by atoms with van der Waals surface area (Å²) in [6, 6.07) is 7.93. The van der Waals surface area contributed by atoms with Crippen LogP contribution in [0.25, 0.3) is 0 Å². The van der Waals surface area contributed by atoms with Crippen LogP contribution in [-0.4, -0.2) is 31.2 Å². The minimum atomic E-state index is -0.620. The number of alkyl carbamates (subject to hydrolysis) is 1. The average Bonchev–Trinajstić information content (AvgIpc) is 2.34. The van der Waals surface area contributed by atoms with Gasteiger partial charge < -0.3 is 15.4 Å². The monoisotopic (exact) mass is 342 g/mol. The predicted molar refractivity (Wildman–Crippen MR) is 80.5 cm³/mol. The van der Waals surface area contributed by atoms with Crippen molar-refractivity contribution in [3.63, 3.8) is 0 Å². The second kappa shape index (κ2) is 7.28. The van der Waals surface area contributed by atoms with E-state index >= 15 is 0 Å². The molecule has 20 heavy (non-hydrogen) atoms. The zero-order valence-corrected chi connectivity index (χ0v) is 13.4. The number of amides is 2. The van der Waals surface area contributed by atoms with Crippen molar-refractivity contribution in [3.05, 3.63) is 34.3 Å². The molecule has 0 bridgehead atoms. The Morgan fingerprint density at radius 2 is 2.05 bits per heavy atom. The van der Waals surface area contributed by atoms with Gasteiger partial charge in [0, 0.05) is 10.0 Å². The summed E-state index contributed by atoms with van der Waals surface area (Å²) in [5.41, 5.74) is 0.709. The van der Waals surface area contributed by atoms with Crippen molar-refractivity contribution >= 4 is 27.9 Å². The highest BCUT2D eigenvalue weighted by molar-refractivity contribution is 9.10. The summed E-state index contributed by atoms with van der Waals surface area (Å²) >= 11 is 3.42. The van der Waals surface area contributed by atoms with Gasteiger partial charge in [0.2, 0.25) is 5.91 Å². The molecular weight excluding hydrogens is 324 g/mol. The first kappa shape index (κ1) is 16.5. The summed E-state index contributed by atoms with van der Waals surface area (Å²) in [5.74, 6) is -0.254. The fourth-order valence-corrected chi connectivity index (χ4v) is 2.29. The first-order chi connectivity index (χ1) is 9.32. The predicted octanol–water partition coefficient (Wildman–Crippen LogP) is 2.24. The lowest BCUT2D eigenvalue weighted by Gasteiger charge is -2.26. The van der Waals surface area contributed by atoms with E-state index in [2.05, 4.69) is 31.3 Å². The number of benzene rings is 1. The quantitative estimate of drug-likeness (QED) is 0.862. The zero-order chi connectivity index (χ0) is 15.2. The lowest BCUT2D eigenvalue weighted by Crippen LogP contribution is -2.48. The van der Waals surface area contributed by atoms with Crippen LogP contribution in [0.5, 0.6) is 0 Å². The van der Waals surface area contributed by atoms with E-state index in [0.29, 0.717) is 6.42 Å². The standard InChI is InChI=1S/C14H19BrN2O3/c1-14(2,8-10-5-4-6-11(15)7-10)17-12(18)9-16-13(19)20-3/h4-7H,8-9H2,1-3H3,(H,16,19)(H,17,18). The van der Waals surface area contributed by atoms with Gasteiger partial charge >= 0.3 is 6.09 Å². The number of halogens is 1. The molecule has 0 saturated carbocycles. The molecule has 5 nitrogen and oxygen atoms in total. The molecule has 0 aliphatic carbocycles. The maximum Gasteiger partial charge on any atom is 0.407 e. The van der Waals surface area contributed by atoms with E-state index in [4.69, 9.17) is 0 Å². The highest BCUT2D eigenvalue weighted by atomic mass is 79.9. The normalized spacial score (nSPS) is 10.8. The molecular formula is C14H19BrN2O3. The van der Waals surface area contributed by atoms with Crippen LogP contribution in [0.1, 0.15) is 19.4 Å². The van der Waals surface area contributed by atoms with Crippen molar-refractivity contribution in [2.75, 3.05) is 13.7 Å². The number of rotatable bonds is 5. The Balaban J connectivity index is 2.52. The second-order valence-corrected chi connectivity index (χ2v) is 6.00. The number of carbonyl (C=O) groups is 2. The number of ether oxygens (including phenoxy) is 1. The van der Waals surface area contributed by atoms with Crippen molar-refractivity contribution in [2.45, 2.75) is 25.8 Å². The molecule has 0 atom stereocenters. The van der Waals surface area contributed by atoms with E-state index in [1.54, 1.807) is 0 Å². The van der Waals surface area contributed by atoms with Crippen molar-refractivity contribution in [3.8, 4) is 0 Å². The topological polar surface area (TPSA) is 67.4 Å². The summed E-state index contributed by atoms with van der Waals surface area (Å²) in [7, 11) is 1.25. The van der Waals surface area contributed by atoms with Crippen LogP contribution < -0.4 is 10.6 Å². The number of nitrogens with one attached hydrogen (secondary N) is 2. The number of methoxy groups -OCH3 is 1. The highest BCUT2D eigenvalue weighted by Crippen LogP contribution is 2.17. The van der Waals surface area contributed by atoms with Gasteiger partial charge in [-0.3, -0.25) is 4.79 Å². The van der Waals surface area contributed by atoms with Crippen LogP contribution in [0.4, 0.5) is 4.79 Å². The molecule has 1 aromatic rings. The minimum absolute atomic E-state index is 0.103. The molecule has 0 spiro atoms. The molecule has 2 amide bonds. The third kappa shape index (κ3) is 6.06.